The first-order valence-corrected chi connectivity index (χ1v) is 12.9. The van der Waals surface area contributed by atoms with Gasteiger partial charge < -0.3 is 19.4 Å². The van der Waals surface area contributed by atoms with Crippen molar-refractivity contribution in [2.24, 2.45) is 0 Å². The van der Waals surface area contributed by atoms with Crippen molar-refractivity contribution in [1.82, 2.24) is 29.0 Å². The van der Waals surface area contributed by atoms with E-state index in [9.17, 15) is 18.0 Å². The minimum atomic E-state index is -4.53. The molecule has 0 radical (unpaired) electrons. The number of imidazole rings is 1. The van der Waals surface area contributed by atoms with Crippen molar-refractivity contribution in [3.63, 3.8) is 0 Å². The minimum Gasteiger partial charge on any atom is -0.337 e. The van der Waals surface area contributed by atoms with Crippen LogP contribution in [0.25, 0.3) is 16.7 Å². The van der Waals surface area contributed by atoms with E-state index >= 15 is 0 Å². The molecule has 0 unspecified atom stereocenters. The number of likely N-dealkylation sites (tertiary alicyclic amines) is 1. The fourth-order valence-electron chi connectivity index (χ4n) is 5.53. The summed E-state index contributed by atoms with van der Waals surface area (Å²) in [6, 6.07) is 5.72. The summed E-state index contributed by atoms with van der Waals surface area (Å²) in [5, 5.41) is 3.71. The highest BCUT2D eigenvalue weighted by Gasteiger charge is 2.32. The van der Waals surface area contributed by atoms with Crippen molar-refractivity contribution in [1.29, 1.82) is 0 Å². The molecule has 8 nitrogen and oxygen atoms in total. The molecule has 1 saturated heterocycles. The highest BCUT2D eigenvalue weighted by atomic mass is 19.4. The van der Waals surface area contributed by atoms with Crippen LogP contribution in [-0.4, -0.2) is 48.0 Å². The zero-order chi connectivity index (χ0) is 26.4. The lowest BCUT2D eigenvalue weighted by Crippen LogP contribution is -2.30. The van der Waals surface area contributed by atoms with Gasteiger partial charge >= 0.3 is 6.18 Å². The van der Waals surface area contributed by atoms with Gasteiger partial charge in [0.2, 0.25) is 5.95 Å². The van der Waals surface area contributed by atoms with Crippen molar-refractivity contribution in [3.05, 3.63) is 59.9 Å². The number of aromatic nitrogens is 5. The first-order valence-electron chi connectivity index (χ1n) is 12.9. The van der Waals surface area contributed by atoms with E-state index in [1.54, 1.807) is 30.0 Å². The lowest BCUT2D eigenvalue weighted by molar-refractivity contribution is -0.137. The Morgan fingerprint density at radius 1 is 1.03 bits per heavy atom. The number of carbonyl (C=O) groups excluding carboxylic acids is 1. The lowest BCUT2D eigenvalue weighted by atomic mass is 10.1. The van der Waals surface area contributed by atoms with E-state index in [4.69, 9.17) is 4.98 Å². The molecule has 1 amide bonds. The van der Waals surface area contributed by atoms with E-state index < -0.39 is 11.7 Å². The van der Waals surface area contributed by atoms with Crippen molar-refractivity contribution < 1.29 is 18.0 Å². The molecule has 0 spiro atoms. The van der Waals surface area contributed by atoms with Crippen LogP contribution in [0.2, 0.25) is 0 Å². The Morgan fingerprint density at radius 3 is 2.47 bits per heavy atom. The van der Waals surface area contributed by atoms with Gasteiger partial charge in [-0.05, 0) is 56.9 Å². The number of alkyl halides is 3. The van der Waals surface area contributed by atoms with E-state index in [-0.39, 0.29) is 23.6 Å². The number of rotatable bonds is 5. The molecule has 4 heterocycles. The molecule has 3 aromatic heterocycles. The van der Waals surface area contributed by atoms with Gasteiger partial charge in [0.25, 0.3) is 5.91 Å². The van der Waals surface area contributed by atoms with Crippen LogP contribution in [0.4, 0.5) is 24.8 Å². The predicted octanol–water partition coefficient (Wildman–Crippen LogP) is 6.04. The first-order chi connectivity index (χ1) is 18.3. The van der Waals surface area contributed by atoms with Gasteiger partial charge in [-0.3, -0.25) is 4.79 Å². The Balaban J connectivity index is 1.40. The molecule has 198 valence electrons. The summed E-state index contributed by atoms with van der Waals surface area (Å²) < 4.78 is 44.7. The average molecular weight is 524 g/mol. The Hall–Kier alpha value is -3.89. The molecule has 2 aliphatic rings. The number of nitrogens with zero attached hydrogens (tertiary/aromatic N) is 6. The molecule has 2 fully saturated rings. The smallest absolute Gasteiger partial charge is 0.337 e. The first kappa shape index (κ1) is 24.4. The summed E-state index contributed by atoms with van der Waals surface area (Å²) in [4.78, 5) is 28.5. The quantitative estimate of drug-likeness (QED) is 0.345. The van der Waals surface area contributed by atoms with Gasteiger partial charge in [-0.15, -0.1) is 0 Å². The molecule has 1 N–H and O–H groups in total. The molecule has 1 aliphatic carbocycles. The summed E-state index contributed by atoms with van der Waals surface area (Å²) >= 11 is 0. The van der Waals surface area contributed by atoms with Gasteiger partial charge in [-0.25, -0.2) is 9.97 Å². The second kappa shape index (κ2) is 9.45. The van der Waals surface area contributed by atoms with E-state index in [2.05, 4.69) is 15.3 Å². The van der Waals surface area contributed by atoms with Gasteiger partial charge in [-0.1, -0.05) is 12.8 Å². The maximum Gasteiger partial charge on any atom is 0.416 e. The van der Waals surface area contributed by atoms with Crippen LogP contribution in [0.1, 0.15) is 66.3 Å². The number of carbonyl (C=O) groups is 1. The highest BCUT2D eigenvalue weighted by molar-refractivity contribution is 5.98. The summed E-state index contributed by atoms with van der Waals surface area (Å²) in [5.74, 6) is 0.169. The molecule has 4 aromatic rings. The second-order valence-electron chi connectivity index (χ2n) is 10.1. The summed E-state index contributed by atoms with van der Waals surface area (Å²) in [7, 11) is 0. The van der Waals surface area contributed by atoms with Crippen molar-refractivity contribution in [3.8, 4) is 5.69 Å². The number of benzene rings is 1. The van der Waals surface area contributed by atoms with Crippen LogP contribution < -0.4 is 5.32 Å². The standard InChI is InChI=1S/C27H28F3N7O/c1-17-15-36(16-32-17)22-12-19(27(28,29)30)11-20(13-22)33-26-31-14-18-10-23(25(38)35-8-4-5-9-35)37(24(18)34-26)21-6-2-3-7-21/h10-16,21H,2-9H2,1H3,(H,31,33,34). The average Bonchev–Trinajstić information content (AvgIpc) is 3.69. The van der Waals surface area contributed by atoms with Crippen LogP contribution in [0.5, 0.6) is 0 Å². The van der Waals surface area contributed by atoms with Gasteiger partial charge in [0.1, 0.15) is 11.3 Å². The summed E-state index contributed by atoms with van der Waals surface area (Å²) in [5.41, 5.74) is 1.64. The Labute approximate surface area is 217 Å². The molecule has 1 aromatic carbocycles. The van der Waals surface area contributed by atoms with Crippen LogP contribution in [-0.2, 0) is 6.18 Å². The summed E-state index contributed by atoms with van der Waals surface area (Å²) in [6.07, 6.45) is 6.31. The molecular formula is C27H28F3N7O. The molecule has 1 aliphatic heterocycles. The van der Waals surface area contributed by atoms with E-state index in [1.165, 1.54) is 6.33 Å². The largest absolute Gasteiger partial charge is 0.416 e. The number of hydrogen-bond acceptors (Lipinski definition) is 5. The Kier molecular flexibility index (Phi) is 6.08. The Bertz CT molecular complexity index is 1490. The van der Waals surface area contributed by atoms with Gasteiger partial charge in [0, 0.05) is 48.3 Å². The van der Waals surface area contributed by atoms with E-state index in [0.717, 1.165) is 69.1 Å². The number of anilines is 2. The van der Waals surface area contributed by atoms with Crippen LogP contribution in [0, 0.1) is 6.92 Å². The third-order valence-corrected chi connectivity index (χ3v) is 7.39. The van der Waals surface area contributed by atoms with Gasteiger partial charge in [0.05, 0.1) is 17.6 Å². The predicted molar refractivity (Wildman–Crippen MR) is 137 cm³/mol. The molecule has 38 heavy (non-hydrogen) atoms. The number of hydrogen-bond donors (Lipinski definition) is 1. The maximum absolute atomic E-state index is 13.7. The van der Waals surface area contributed by atoms with Gasteiger partial charge in [-0.2, -0.15) is 18.2 Å². The maximum atomic E-state index is 13.7. The SMILES string of the molecule is Cc1cn(-c2cc(Nc3ncc4cc(C(=O)N5CCCC5)n(C5CCCC5)c4n3)cc(C(F)(F)F)c2)cn1. The topological polar surface area (TPSA) is 80.9 Å². The highest BCUT2D eigenvalue weighted by Crippen LogP contribution is 2.36. The summed E-state index contributed by atoms with van der Waals surface area (Å²) in [6.45, 7) is 3.27. The fraction of sp³-hybridized carbons (Fsp3) is 0.407. The van der Waals surface area contributed by atoms with Crippen LogP contribution in [0.3, 0.4) is 0 Å². The van der Waals surface area contributed by atoms with E-state index in [0.29, 0.717) is 22.7 Å². The number of aryl methyl sites for hydroxylation is 1. The zero-order valence-electron chi connectivity index (χ0n) is 21.0. The molecular weight excluding hydrogens is 495 g/mol. The van der Waals surface area contributed by atoms with Crippen LogP contribution in [0.15, 0.2) is 43.0 Å². The van der Waals surface area contributed by atoms with Crippen molar-refractivity contribution in [2.75, 3.05) is 18.4 Å². The number of fused-ring (bicyclic) bond motifs is 1. The van der Waals surface area contributed by atoms with Gasteiger partial charge in [0.15, 0.2) is 0 Å². The normalized spacial score (nSPS) is 16.6. The van der Waals surface area contributed by atoms with Crippen molar-refractivity contribution >= 4 is 28.6 Å². The second-order valence-corrected chi connectivity index (χ2v) is 10.1. The third-order valence-electron chi connectivity index (χ3n) is 7.39. The molecule has 6 rings (SSSR count). The number of amides is 1. The Morgan fingerprint density at radius 2 is 1.79 bits per heavy atom. The fourth-order valence-corrected chi connectivity index (χ4v) is 5.53. The molecule has 1 saturated carbocycles. The molecule has 0 bridgehead atoms. The molecule has 11 heteroatoms. The lowest BCUT2D eigenvalue weighted by Gasteiger charge is -2.20. The third kappa shape index (κ3) is 4.61. The number of halogens is 3. The number of nitrogens with one attached hydrogen (secondary N) is 1. The molecule has 0 atom stereocenters. The van der Waals surface area contributed by atoms with Crippen molar-refractivity contribution in [2.45, 2.75) is 57.7 Å². The minimum absolute atomic E-state index is 0.0000508. The van der Waals surface area contributed by atoms with Crippen LogP contribution >= 0.6 is 0 Å². The zero-order valence-corrected chi connectivity index (χ0v) is 21.0. The monoisotopic (exact) mass is 523 g/mol. The van der Waals surface area contributed by atoms with E-state index in [1.807, 2.05) is 15.5 Å².